The normalized spacial score (nSPS) is 12.6. The minimum atomic E-state index is -0.490. The van der Waals surface area contributed by atoms with Crippen molar-refractivity contribution >= 4 is 0 Å². The van der Waals surface area contributed by atoms with Crippen molar-refractivity contribution in [2.45, 2.75) is 13.0 Å². The minimum absolute atomic E-state index is 0.326. The molecule has 1 rings (SSSR count). The Morgan fingerprint density at radius 2 is 2.23 bits per heavy atom. The maximum absolute atomic E-state index is 13.2. The van der Waals surface area contributed by atoms with Crippen LogP contribution in [0, 0.1) is 5.82 Å². The highest BCUT2D eigenvalue weighted by Gasteiger charge is 2.14. The van der Waals surface area contributed by atoms with Gasteiger partial charge in [0, 0.05) is 5.56 Å². The molecule has 0 radical (unpaired) electrons. The molecule has 0 saturated carbocycles. The third kappa shape index (κ3) is 1.96. The lowest BCUT2D eigenvalue weighted by Gasteiger charge is -2.14. The molecule has 0 aliphatic rings. The molecule has 2 N–H and O–H groups in total. The average Bonchev–Trinajstić information content (AvgIpc) is 2.16. The van der Waals surface area contributed by atoms with E-state index in [0.717, 1.165) is 0 Å². The monoisotopic (exact) mass is 185 g/mol. The van der Waals surface area contributed by atoms with Gasteiger partial charge in [0.15, 0.2) is 0 Å². The topological polar surface area (TPSA) is 41.5 Å². The van der Waals surface area contributed by atoms with E-state index in [2.05, 4.69) is 0 Å². The molecule has 0 aromatic heterocycles. The standard InChI is InChI=1S/C9H12FNO2/c1-6(11-12)9-7(10)4-3-5-8(9)13-2/h3-6,11-12H,1-2H3. The van der Waals surface area contributed by atoms with Crippen LogP contribution in [-0.2, 0) is 0 Å². The van der Waals surface area contributed by atoms with Gasteiger partial charge in [-0.05, 0) is 19.1 Å². The molecule has 1 aromatic carbocycles. The molecule has 0 spiro atoms. The highest BCUT2D eigenvalue weighted by Crippen LogP contribution is 2.26. The van der Waals surface area contributed by atoms with Gasteiger partial charge in [0.1, 0.15) is 11.6 Å². The minimum Gasteiger partial charge on any atom is -0.496 e. The third-order valence-corrected chi connectivity index (χ3v) is 1.86. The van der Waals surface area contributed by atoms with E-state index < -0.39 is 11.9 Å². The molecule has 1 unspecified atom stereocenters. The zero-order valence-corrected chi connectivity index (χ0v) is 7.54. The number of hydrogen-bond donors (Lipinski definition) is 2. The van der Waals surface area contributed by atoms with Crippen molar-refractivity contribution < 1.29 is 14.3 Å². The summed E-state index contributed by atoms with van der Waals surface area (Å²) in [6.45, 7) is 1.64. The van der Waals surface area contributed by atoms with Crippen LogP contribution in [0.5, 0.6) is 5.75 Å². The van der Waals surface area contributed by atoms with Crippen molar-refractivity contribution in [1.29, 1.82) is 0 Å². The van der Waals surface area contributed by atoms with Gasteiger partial charge in [-0.25, -0.2) is 4.39 Å². The Labute approximate surface area is 76.1 Å². The number of ether oxygens (including phenoxy) is 1. The van der Waals surface area contributed by atoms with E-state index in [-0.39, 0.29) is 0 Å². The molecule has 0 heterocycles. The highest BCUT2D eigenvalue weighted by atomic mass is 19.1. The number of halogens is 1. The van der Waals surface area contributed by atoms with Gasteiger partial charge in [0.25, 0.3) is 0 Å². The van der Waals surface area contributed by atoms with Crippen molar-refractivity contribution in [3.8, 4) is 5.75 Å². The van der Waals surface area contributed by atoms with Crippen LogP contribution >= 0.6 is 0 Å². The van der Waals surface area contributed by atoms with Crippen molar-refractivity contribution in [3.05, 3.63) is 29.6 Å². The molecular formula is C9H12FNO2. The smallest absolute Gasteiger partial charge is 0.131 e. The van der Waals surface area contributed by atoms with Crippen LogP contribution in [-0.4, -0.2) is 12.3 Å². The number of hydrogen-bond acceptors (Lipinski definition) is 3. The van der Waals surface area contributed by atoms with Crippen LogP contribution < -0.4 is 10.2 Å². The van der Waals surface area contributed by atoms with Crippen molar-refractivity contribution in [2.75, 3.05) is 7.11 Å². The lowest BCUT2D eigenvalue weighted by molar-refractivity contribution is 0.130. The quantitative estimate of drug-likeness (QED) is 0.706. The number of nitrogens with one attached hydrogen (secondary N) is 1. The second kappa shape index (κ2) is 4.20. The summed E-state index contributed by atoms with van der Waals surface area (Å²) >= 11 is 0. The summed E-state index contributed by atoms with van der Waals surface area (Å²) in [5.74, 6) is 0.0300. The maximum atomic E-state index is 13.2. The Balaban J connectivity index is 3.14. The van der Waals surface area contributed by atoms with Crippen LogP contribution in [0.15, 0.2) is 18.2 Å². The van der Waals surface area contributed by atoms with Gasteiger partial charge in [-0.15, -0.1) is 0 Å². The van der Waals surface area contributed by atoms with E-state index in [1.54, 1.807) is 19.1 Å². The molecule has 13 heavy (non-hydrogen) atoms. The summed E-state index contributed by atoms with van der Waals surface area (Å²) in [7, 11) is 1.46. The SMILES string of the molecule is COc1cccc(F)c1C(C)NO. The largest absolute Gasteiger partial charge is 0.496 e. The first-order valence-corrected chi connectivity index (χ1v) is 3.92. The van der Waals surface area contributed by atoms with Crippen LogP contribution in [0.25, 0.3) is 0 Å². The number of rotatable bonds is 3. The Kier molecular flexibility index (Phi) is 3.22. The van der Waals surface area contributed by atoms with E-state index in [1.165, 1.54) is 13.2 Å². The molecular weight excluding hydrogens is 173 g/mol. The highest BCUT2D eigenvalue weighted by molar-refractivity contribution is 5.36. The first-order chi connectivity index (χ1) is 6.20. The summed E-state index contributed by atoms with van der Waals surface area (Å²) < 4.78 is 18.2. The number of benzene rings is 1. The first-order valence-electron chi connectivity index (χ1n) is 3.92. The molecule has 0 bridgehead atoms. The predicted octanol–water partition coefficient (Wildman–Crippen LogP) is 1.87. The van der Waals surface area contributed by atoms with Crippen LogP contribution in [0.2, 0.25) is 0 Å². The third-order valence-electron chi connectivity index (χ3n) is 1.86. The molecule has 0 fully saturated rings. The Morgan fingerprint density at radius 3 is 2.77 bits per heavy atom. The molecule has 0 saturated heterocycles. The van der Waals surface area contributed by atoms with Crippen molar-refractivity contribution in [1.82, 2.24) is 5.48 Å². The van der Waals surface area contributed by atoms with E-state index in [4.69, 9.17) is 9.94 Å². The lowest BCUT2D eigenvalue weighted by Crippen LogP contribution is -2.15. The van der Waals surface area contributed by atoms with Crippen LogP contribution in [0.4, 0.5) is 4.39 Å². The molecule has 4 heteroatoms. The summed E-state index contributed by atoms with van der Waals surface area (Å²) in [5.41, 5.74) is 2.30. The van der Waals surface area contributed by atoms with Crippen molar-refractivity contribution in [2.24, 2.45) is 0 Å². The van der Waals surface area contributed by atoms with E-state index in [9.17, 15) is 4.39 Å². The van der Waals surface area contributed by atoms with Gasteiger partial charge in [-0.2, -0.15) is 5.48 Å². The van der Waals surface area contributed by atoms with E-state index in [1.807, 2.05) is 5.48 Å². The zero-order valence-electron chi connectivity index (χ0n) is 7.54. The van der Waals surface area contributed by atoms with Crippen LogP contribution in [0.1, 0.15) is 18.5 Å². The van der Waals surface area contributed by atoms with Gasteiger partial charge in [0.05, 0.1) is 13.2 Å². The Hall–Kier alpha value is -1.13. The predicted molar refractivity (Wildman–Crippen MR) is 46.3 cm³/mol. The van der Waals surface area contributed by atoms with Gasteiger partial charge in [0.2, 0.25) is 0 Å². The molecule has 1 aromatic rings. The molecule has 0 amide bonds. The fraction of sp³-hybridized carbons (Fsp3) is 0.333. The summed E-state index contributed by atoms with van der Waals surface area (Å²) in [6.07, 6.45) is 0. The zero-order chi connectivity index (χ0) is 9.84. The van der Waals surface area contributed by atoms with Crippen LogP contribution in [0.3, 0.4) is 0 Å². The fourth-order valence-electron chi connectivity index (χ4n) is 1.18. The first kappa shape index (κ1) is 9.95. The van der Waals surface area contributed by atoms with Gasteiger partial charge >= 0.3 is 0 Å². The van der Waals surface area contributed by atoms with Crippen molar-refractivity contribution in [3.63, 3.8) is 0 Å². The summed E-state index contributed by atoms with van der Waals surface area (Å²) in [5, 5.41) is 8.66. The molecule has 1 atom stereocenters. The molecule has 72 valence electrons. The fourth-order valence-corrected chi connectivity index (χ4v) is 1.18. The molecule has 3 nitrogen and oxygen atoms in total. The second-order valence-electron chi connectivity index (χ2n) is 2.71. The molecule has 0 aliphatic heterocycles. The maximum Gasteiger partial charge on any atom is 0.131 e. The lowest BCUT2D eigenvalue weighted by atomic mass is 10.1. The van der Waals surface area contributed by atoms with Gasteiger partial charge in [-0.3, -0.25) is 0 Å². The Bertz CT molecular complexity index is 291. The molecule has 0 aliphatic carbocycles. The summed E-state index contributed by atoms with van der Waals surface area (Å²) in [4.78, 5) is 0. The van der Waals surface area contributed by atoms with E-state index >= 15 is 0 Å². The van der Waals surface area contributed by atoms with Gasteiger partial charge < -0.3 is 9.94 Å². The summed E-state index contributed by atoms with van der Waals surface area (Å²) in [6, 6.07) is 4.04. The van der Waals surface area contributed by atoms with E-state index in [0.29, 0.717) is 11.3 Å². The number of methoxy groups -OCH3 is 1. The number of hydroxylamine groups is 1. The second-order valence-corrected chi connectivity index (χ2v) is 2.71. The Morgan fingerprint density at radius 1 is 1.54 bits per heavy atom. The van der Waals surface area contributed by atoms with Gasteiger partial charge in [-0.1, -0.05) is 6.07 Å². The average molecular weight is 185 g/mol.